The molecule has 8 nitrogen and oxygen atoms in total. The number of nitrogens with one attached hydrogen (secondary N) is 1. The fraction of sp³-hybridized carbons (Fsp3) is 0.520. The number of hydrogen-bond acceptors (Lipinski definition) is 5. The predicted octanol–water partition coefficient (Wildman–Crippen LogP) is 1.34. The summed E-state index contributed by atoms with van der Waals surface area (Å²) >= 11 is 0. The minimum atomic E-state index is -0.571. The summed E-state index contributed by atoms with van der Waals surface area (Å²) in [6.45, 7) is 0.721. The van der Waals surface area contributed by atoms with Gasteiger partial charge in [0.1, 0.15) is 0 Å². The number of hydrogen-bond donors (Lipinski definition) is 2. The molecule has 1 saturated heterocycles. The van der Waals surface area contributed by atoms with Crippen molar-refractivity contribution in [3.8, 4) is 11.1 Å². The highest BCUT2D eigenvalue weighted by Crippen LogP contribution is 2.50. The fourth-order valence-corrected chi connectivity index (χ4v) is 5.68. The molecular weight excluding hydrogens is 420 g/mol. The Morgan fingerprint density at radius 1 is 1.15 bits per heavy atom. The third-order valence-corrected chi connectivity index (χ3v) is 7.76. The SMILES string of the molecule is O=C(NCC1CC1)[C@@H]1[C@@H](CO)[C@@H]2Cn3c(ccc(-c4cccnc4)c3=O)[C@H]1N2C(=O)C1CC1. The van der Waals surface area contributed by atoms with E-state index in [0.29, 0.717) is 23.7 Å². The zero-order valence-electron chi connectivity index (χ0n) is 18.4. The van der Waals surface area contributed by atoms with E-state index in [4.69, 9.17) is 0 Å². The summed E-state index contributed by atoms with van der Waals surface area (Å²) in [5, 5.41) is 13.4. The Labute approximate surface area is 191 Å². The van der Waals surface area contributed by atoms with E-state index in [9.17, 15) is 19.5 Å². The molecule has 0 aromatic carbocycles. The first-order valence-electron chi connectivity index (χ1n) is 11.9. The molecule has 3 fully saturated rings. The molecule has 0 unspecified atom stereocenters. The molecule has 2 N–H and O–H groups in total. The van der Waals surface area contributed by atoms with Crippen LogP contribution in [0, 0.1) is 23.7 Å². The Bertz CT molecular complexity index is 1150. The number of amides is 2. The van der Waals surface area contributed by atoms with Crippen molar-refractivity contribution < 1.29 is 14.7 Å². The van der Waals surface area contributed by atoms with Crippen LogP contribution in [-0.4, -0.2) is 50.6 Å². The second kappa shape index (κ2) is 7.80. The van der Waals surface area contributed by atoms with Crippen molar-refractivity contribution in [3.63, 3.8) is 0 Å². The number of pyridine rings is 2. The minimum Gasteiger partial charge on any atom is -0.396 e. The van der Waals surface area contributed by atoms with Gasteiger partial charge in [-0.15, -0.1) is 0 Å². The number of aliphatic hydroxyl groups is 1. The normalized spacial score (nSPS) is 27.8. The van der Waals surface area contributed by atoms with Crippen molar-refractivity contribution in [3.05, 3.63) is 52.7 Å². The van der Waals surface area contributed by atoms with Gasteiger partial charge in [0, 0.05) is 60.7 Å². The van der Waals surface area contributed by atoms with Gasteiger partial charge in [-0.3, -0.25) is 19.4 Å². The van der Waals surface area contributed by atoms with Crippen LogP contribution in [0.1, 0.15) is 37.4 Å². The monoisotopic (exact) mass is 448 g/mol. The second-order valence-corrected chi connectivity index (χ2v) is 9.92. The number of aromatic nitrogens is 2. The Morgan fingerprint density at radius 2 is 1.97 bits per heavy atom. The summed E-state index contributed by atoms with van der Waals surface area (Å²) in [6.07, 6.45) is 7.31. The van der Waals surface area contributed by atoms with Crippen LogP contribution in [0.15, 0.2) is 41.5 Å². The van der Waals surface area contributed by atoms with Crippen LogP contribution in [-0.2, 0) is 16.1 Å². The Morgan fingerprint density at radius 3 is 2.64 bits per heavy atom. The number of carbonyl (C=O) groups excluding carboxylic acids is 2. The molecule has 4 aliphatic rings. The Balaban J connectivity index is 1.44. The zero-order valence-corrected chi connectivity index (χ0v) is 18.4. The molecular formula is C25H28N4O4. The summed E-state index contributed by atoms with van der Waals surface area (Å²) in [7, 11) is 0. The van der Waals surface area contributed by atoms with E-state index in [1.54, 1.807) is 29.1 Å². The Hall–Kier alpha value is -3.00. The molecule has 8 heteroatoms. The maximum Gasteiger partial charge on any atom is 0.258 e. The van der Waals surface area contributed by atoms with Gasteiger partial charge >= 0.3 is 0 Å². The minimum absolute atomic E-state index is 0.00411. The van der Waals surface area contributed by atoms with Crippen molar-refractivity contribution in [1.29, 1.82) is 0 Å². The van der Waals surface area contributed by atoms with Crippen LogP contribution < -0.4 is 10.9 Å². The molecule has 2 amide bonds. The topological polar surface area (TPSA) is 105 Å². The van der Waals surface area contributed by atoms with Crippen molar-refractivity contribution in [2.45, 2.75) is 44.3 Å². The average Bonchev–Trinajstić information content (AvgIpc) is 3.75. The molecule has 2 aromatic heterocycles. The van der Waals surface area contributed by atoms with Crippen LogP contribution in [0.4, 0.5) is 0 Å². The third-order valence-electron chi connectivity index (χ3n) is 7.76. The molecule has 172 valence electrons. The number of aliphatic hydroxyl groups excluding tert-OH is 1. The summed E-state index contributed by atoms with van der Waals surface area (Å²) in [5.41, 5.74) is 1.81. The quantitative estimate of drug-likeness (QED) is 0.694. The molecule has 2 aliphatic carbocycles. The first kappa shape index (κ1) is 20.6. The largest absolute Gasteiger partial charge is 0.396 e. The third kappa shape index (κ3) is 3.39. The molecule has 2 saturated carbocycles. The summed E-state index contributed by atoms with van der Waals surface area (Å²) < 4.78 is 1.71. The highest BCUT2D eigenvalue weighted by atomic mass is 16.3. The van der Waals surface area contributed by atoms with Gasteiger partial charge in [0.25, 0.3) is 5.56 Å². The van der Waals surface area contributed by atoms with Crippen LogP contribution in [0.2, 0.25) is 0 Å². The van der Waals surface area contributed by atoms with E-state index in [1.165, 1.54) is 0 Å². The van der Waals surface area contributed by atoms with E-state index >= 15 is 0 Å². The summed E-state index contributed by atoms with van der Waals surface area (Å²) in [6, 6.07) is 6.38. The van der Waals surface area contributed by atoms with E-state index in [2.05, 4.69) is 10.3 Å². The lowest BCUT2D eigenvalue weighted by Gasteiger charge is -2.38. The van der Waals surface area contributed by atoms with E-state index in [0.717, 1.165) is 31.2 Å². The molecule has 33 heavy (non-hydrogen) atoms. The molecule has 0 radical (unpaired) electrons. The zero-order chi connectivity index (χ0) is 22.7. The van der Waals surface area contributed by atoms with E-state index in [1.807, 2.05) is 17.0 Å². The van der Waals surface area contributed by atoms with Crippen LogP contribution in [0.3, 0.4) is 0 Å². The number of carbonyl (C=O) groups is 2. The van der Waals surface area contributed by atoms with Gasteiger partial charge in [0.05, 0.1) is 18.0 Å². The maximum atomic E-state index is 13.5. The molecule has 4 heterocycles. The molecule has 2 aliphatic heterocycles. The van der Waals surface area contributed by atoms with Crippen molar-refractivity contribution in [2.24, 2.45) is 23.7 Å². The lowest BCUT2D eigenvalue weighted by Crippen LogP contribution is -2.49. The number of rotatable bonds is 6. The van der Waals surface area contributed by atoms with Gasteiger partial charge in [-0.1, -0.05) is 6.07 Å². The molecule has 6 rings (SSSR count). The van der Waals surface area contributed by atoms with Crippen LogP contribution >= 0.6 is 0 Å². The lowest BCUT2D eigenvalue weighted by atomic mass is 9.86. The highest BCUT2D eigenvalue weighted by Gasteiger charge is 2.58. The first-order valence-corrected chi connectivity index (χ1v) is 11.9. The molecule has 2 aromatic rings. The number of fused-ring (bicyclic) bond motifs is 4. The van der Waals surface area contributed by atoms with Crippen LogP contribution in [0.5, 0.6) is 0 Å². The van der Waals surface area contributed by atoms with Gasteiger partial charge < -0.3 is 19.9 Å². The highest BCUT2D eigenvalue weighted by molar-refractivity contribution is 5.86. The Kier molecular flexibility index (Phi) is 4.87. The first-order chi connectivity index (χ1) is 16.1. The lowest BCUT2D eigenvalue weighted by molar-refractivity contribution is -0.138. The summed E-state index contributed by atoms with van der Waals surface area (Å²) in [4.78, 5) is 46.2. The van der Waals surface area contributed by atoms with Crippen LogP contribution in [0.25, 0.3) is 11.1 Å². The fourth-order valence-electron chi connectivity index (χ4n) is 5.68. The van der Waals surface area contributed by atoms with Gasteiger partial charge in [-0.2, -0.15) is 0 Å². The molecule has 2 bridgehead atoms. The van der Waals surface area contributed by atoms with Gasteiger partial charge in [-0.05, 0) is 49.8 Å². The molecule has 0 spiro atoms. The van der Waals surface area contributed by atoms with Gasteiger partial charge in [-0.25, -0.2) is 0 Å². The number of nitrogens with zero attached hydrogens (tertiary/aromatic N) is 3. The van der Waals surface area contributed by atoms with Gasteiger partial charge in [0.2, 0.25) is 11.8 Å². The summed E-state index contributed by atoms with van der Waals surface area (Å²) in [5.74, 6) is -0.522. The van der Waals surface area contributed by atoms with E-state index < -0.39 is 17.9 Å². The smallest absolute Gasteiger partial charge is 0.258 e. The van der Waals surface area contributed by atoms with Crippen molar-refractivity contribution >= 4 is 11.8 Å². The average molecular weight is 449 g/mol. The standard InChI is InChI=1S/C25H28N4O4/c30-13-18-20-12-28-19(8-7-17(25(28)33)16-2-1-9-26-11-16)22(29(20)24(32)15-5-6-15)21(18)23(31)27-10-14-3-4-14/h1-2,7-9,11,14-15,18,20-22,30H,3-6,10,12-13H2,(H,27,31)/t18-,20-,21+,22+/m0/s1. The van der Waals surface area contributed by atoms with Gasteiger partial charge in [0.15, 0.2) is 0 Å². The van der Waals surface area contributed by atoms with Crippen molar-refractivity contribution in [1.82, 2.24) is 19.8 Å². The second-order valence-electron chi connectivity index (χ2n) is 9.92. The van der Waals surface area contributed by atoms with Crippen molar-refractivity contribution in [2.75, 3.05) is 13.2 Å². The maximum absolute atomic E-state index is 13.5. The predicted molar refractivity (Wildman–Crippen MR) is 120 cm³/mol. The molecule has 4 atom stereocenters. The van der Waals surface area contributed by atoms with E-state index in [-0.39, 0.29) is 42.5 Å².